The van der Waals surface area contributed by atoms with Crippen molar-refractivity contribution in [2.45, 2.75) is 32.4 Å². The number of nitrogens with zero attached hydrogens (tertiary/aromatic N) is 6. The van der Waals surface area contributed by atoms with Gasteiger partial charge >= 0.3 is 6.09 Å². The van der Waals surface area contributed by atoms with E-state index in [1.165, 1.54) is 0 Å². The van der Waals surface area contributed by atoms with E-state index in [1.807, 2.05) is 38.1 Å². The van der Waals surface area contributed by atoms with Crippen molar-refractivity contribution in [2.75, 3.05) is 44.9 Å². The largest absolute Gasteiger partial charge is 0.497 e. The van der Waals surface area contributed by atoms with Crippen molar-refractivity contribution in [3.63, 3.8) is 0 Å². The topological polar surface area (TPSA) is 133 Å². The normalized spacial score (nSPS) is 16.6. The Balaban J connectivity index is 1.20. The van der Waals surface area contributed by atoms with Gasteiger partial charge in [-0.05, 0) is 55.8 Å². The van der Waals surface area contributed by atoms with Crippen molar-refractivity contribution in [3.8, 4) is 28.9 Å². The van der Waals surface area contributed by atoms with Crippen LogP contribution in [-0.2, 0) is 4.79 Å². The fourth-order valence-electron chi connectivity index (χ4n) is 5.41. The van der Waals surface area contributed by atoms with Crippen LogP contribution in [0.3, 0.4) is 0 Å². The van der Waals surface area contributed by atoms with Gasteiger partial charge in [0.25, 0.3) is 0 Å². The molecule has 45 heavy (non-hydrogen) atoms. The lowest BCUT2D eigenvalue weighted by molar-refractivity contribution is -0.122. The lowest BCUT2D eigenvalue weighted by atomic mass is 10.0. The van der Waals surface area contributed by atoms with Gasteiger partial charge in [-0.1, -0.05) is 6.07 Å². The summed E-state index contributed by atoms with van der Waals surface area (Å²) in [6, 6.07) is 13.7. The first-order chi connectivity index (χ1) is 21.9. The number of nitrogens with one attached hydrogen (secondary N) is 1. The molecule has 4 aromatic rings. The fraction of sp³-hybridized carbons (Fsp3) is 0.344. The Morgan fingerprint density at radius 1 is 1.02 bits per heavy atom. The number of methoxy groups -OCH3 is 1. The molecule has 1 N–H and O–H groups in total. The van der Waals surface area contributed by atoms with Crippen LogP contribution in [0.4, 0.5) is 10.6 Å². The van der Waals surface area contributed by atoms with Crippen molar-refractivity contribution in [3.05, 3.63) is 78.5 Å². The zero-order chi connectivity index (χ0) is 31.3. The van der Waals surface area contributed by atoms with Crippen LogP contribution in [0.5, 0.6) is 23.0 Å². The number of amides is 2. The van der Waals surface area contributed by atoms with E-state index in [0.717, 1.165) is 11.3 Å². The number of aromatic nitrogens is 4. The molecular weight excluding hydrogens is 578 g/mol. The highest BCUT2D eigenvalue weighted by Gasteiger charge is 2.34. The SMILES string of the molecule is COc1ccc(OC(=O)N2CCN(c3cc(C)nc(-n4ccnc4)n3)C(CC(=O)NC(C)c3ccc4c(c3)OCCO4)C2)cc1. The molecule has 4 heterocycles. The Kier molecular flexibility index (Phi) is 8.67. The van der Waals surface area contributed by atoms with E-state index in [1.54, 1.807) is 59.6 Å². The second-order valence-corrected chi connectivity index (χ2v) is 10.9. The summed E-state index contributed by atoms with van der Waals surface area (Å²) in [5, 5.41) is 3.11. The number of piperazine rings is 1. The van der Waals surface area contributed by atoms with Crippen LogP contribution < -0.4 is 29.2 Å². The number of anilines is 1. The number of carbonyl (C=O) groups is 2. The Labute approximate surface area is 260 Å². The molecule has 1 saturated heterocycles. The quantitative estimate of drug-likeness (QED) is 0.314. The van der Waals surface area contributed by atoms with E-state index >= 15 is 0 Å². The van der Waals surface area contributed by atoms with E-state index in [9.17, 15) is 9.59 Å². The Bertz CT molecular complexity index is 1650. The van der Waals surface area contributed by atoms with E-state index in [-0.39, 0.29) is 31.0 Å². The fourth-order valence-corrected chi connectivity index (χ4v) is 5.41. The number of carbonyl (C=O) groups excluding carboxylic acids is 2. The van der Waals surface area contributed by atoms with Gasteiger partial charge in [0.05, 0.1) is 19.2 Å². The third-order valence-corrected chi connectivity index (χ3v) is 7.73. The van der Waals surface area contributed by atoms with E-state index in [2.05, 4.69) is 20.2 Å². The van der Waals surface area contributed by atoms with Crippen LogP contribution in [0.2, 0.25) is 0 Å². The minimum Gasteiger partial charge on any atom is -0.497 e. The number of aryl methyl sites for hydroxylation is 1. The predicted molar refractivity (Wildman–Crippen MR) is 164 cm³/mol. The van der Waals surface area contributed by atoms with Crippen molar-refractivity contribution in [1.82, 2.24) is 29.7 Å². The maximum Gasteiger partial charge on any atom is 0.415 e. The molecule has 6 rings (SSSR count). The standard InChI is InChI=1S/C32H35N7O6/c1-21-16-29(36-31(34-21)38-11-10-33-20-38)39-13-12-37(32(41)45-26-7-5-25(42-3)6-8-26)19-24(39)18-30(40)35-22(2)23-4-9-27-28(17-23)44-15-14-43-27/h4-11,16-17,20,22,24H,12-15,18-19H2,1-3H3,(H,35,40). The summed E-state index contributed by atoms with van der Waals surface area (Å²) in [5.41, 5.74) is 1.66. The first-order valence-electron chi connectivity index (χ1n) is 14.8. The third kappa shape index (κ3) is 6.92. The zero-order valence-corrected chi connectivity index (χ0v) is 25.4. The minimum absolute atomic E-state index is 0.116. The average Bonchev–Trinajstić information content (AvgIpc) is 3.60. The van der Waals surface area contributed by atoms with Crippen molar-refractivity contribution in [2.24, 2.45) is 0 Å². The molecule has 2 aromatic carbocycles. The summed E-state index contributed by atoms with van der Waals surface area (Å²) in [5.74, 6) is 3.39. The van der Waals surface area contributed by atoms with E-state index < -0.39 is 6.09 Å². The van der Waals surface area contributed by atoms with E-state index in [4.69, 9.17) is 23.9 Å². The average molecular weight is 614 g/mol. The van der Waals surface area contributed by atoms with Gasteiger partial charge in [0, 0.05) is 50.2 Å². The van der Waals surface area contributed by atoms with Crippen molar-refractivity contribution in [1.29, 1.82) is 0 Å². The van der Waals surface area contributed by atoms with Gasteiger partial charge < -0.3 is 34.1 Å². The molecule has 0 saturated carbocycles. The highest BCUT2D eigenvalue weighted by atomic mass is 16.6. The second kappa shape index (κ2) is 13.1. The van der Waals surface area contributed by atoms with Gasteiger partial charge in [-0.2, -0.15) is 4.98 Å². The summed E-state index contributed by atoms with van der Waals surface area (Å²) in [6.07, 6.45) is 4.69. The molecule has 2 aliphatic rings. The highest BCUT2D eigenvalue weighted by Crippen LogP contribution is 2.33. The summed E-state index contributed by atoms with van der Waals surface area (Å²) in [6.45, 7) is 5.88. The lowest BCUT2D eigenvalue weighted by Crippen LogP contribution is -2.57. The monoisotopic (exact) mass is 613 g/mol. The lowest BCUT2D eigenvalue weighted by Gasteiger charge is -2.41. The molecule has 0 bridgehead atoms. The number of hydrogen-bond donors (Lipinski definition) is 1. The molecule has 0 spiro atoms. The molecule has 13 nitrogen and oxygen atoms in total. The highest BCUT2D eigenvalue weighted by molar-refractivity contribution is 5.78. The number of hydrogen-bond acceptors (Lipinski definition) is 10. The maximum atomic E-state index is 13.5. The van der Waals surface area contributed by atoms with Crippen LogP contribution in [0.1, 0.15) is 30.6 Å². The molecular formula is C32H35N7O6. The molecule has 2 amide bonds. The molecule has 234 valence electrons. The maximum absolute atomic E-state index is 13.5. The Morgan fingerprint density at radius 2 is 1.80 bits per heavy atom. The molecule has 2 unspecified atom stereocenters. The first-order valence-corrected chi connectivity index (χ1v) is 14.8. The van der Waals surface area contributed by atoms with Crippen LogP contribution in [0.15, 0.2) is 67.3 Å². The third-order valence-electron chi connectivity index (χ3n) is 7.73. The number of imidazole rings is 1. The van der Waals surface area contributed by atoms with Crippen LogP contribution >= 0.6 is 0 Å². The molecule has 0 aliphatic carbocycles. The molecule has 2 atom stereocenters. The number of fused-ring (bicyclic) bond motifs is 1. The molecule has 2 aliphatic heterocycles. The number of rotatable bonds is 8. The molecule has 13 heteroatoms. The molecule has 2 aromatic heterocycles. The van der Waals surface area contributed by atoms with Crippen LogP contribution in [-0.4, -0.2) is 82.4 Å². The Morgan fingerprint density at radius 3 is 2.56 bits per heavy atom. The summed E-state index contributed by atoms with van der Waals surface area (Å²) in [7, 11) is 1.57. The molecule has 0 radical (unpaired) electrons. The summed E-state index contributed by atoms with van der Waals surface area (Å²) >= 11 is 0. The zero-order valence-electron chi connectivity index (χ0n) is 25.4. The van der Waals surface area contributed by atoms with Crippen LogP contribution in [0.25, 0.3) is 5.95 Å². The number of ether oxygens (including phenoxy) is 4. The van der Waals surface area contributed by atoms with Crippen LogP contribution in [0, 0.1) is 6.92 Å². The summed E-state index contributed by atoms with van der Waals surface area (Å²) in [4.78, 5) is 43.9. The van der Waals surface area contributed by atoms with E-state index in [0.29, 0.717) is 61.1 Å². The van der Waals surface area contributed by atoms with Gasteiger partial charge in [-0.25, -0.2) is 14.8 Å². The van der Waals surface area contributed by atoms with Gasteiger partial charge in [0.1, 0.15) is 36.9 Å². The molecule has 1 fully saturated rings. The predicted octanol–water partition coefficient (Wildman–Crippen LogP) is 3.71. The second-order valence-electron chi connectivity index (χ2n) is 10.9. The smallest absolute Gasteiger partial charge is 0.415 e. The van der Waals surface area contributed by atoms with Crippen molar-refractivity contribution < 1.29 is 28.5 Å². The minimum atomic E-state index is -0.493. The van der Waals surface area contributed by atoms with Gasteiger partial charge in [-0.3, -0.25) is 9.36 Å². The van der Waals surface area contributed by atoms with Crippen molar-refractivity contribution >= 4 is 17.8 Å². The number of benzene rings is 2. The van der Waals surface area contributed by atoms with Gasteiger partial charge in [0.2, 0.25) is 11.9 Å². The van der Waals surface area contributed by atoms with Gasteiger partial charge in [-0.15, -0.1) is 0 Å². The van der Waals surface area contributed by atoms with Gasteiger partial charge in [0.15, 0.2) is 11.5 Å². The first kappa shape index (κ1) is 29.7. The Hall–Kier alpha value is -5.33. The summed E-state index contributed by atoms with van der Waals surface area (Å²) < 4.78 is 23.9.